The van der Waals surface area contributed by atoms with E-state index in [1.807, 2.05) is 37.3 Å². The van der Waals surface area contributed by atoms with E-state index in [4.69, 9.17) is 9.15 Å². The Bertz CT molecular complexity index is 899. The van der Waals surface area contributed by atoms with E-state index < -0.39 is 0 Å². The lowest BCUT2D eigenvalue weighted by atomic mass is 9.79. The molecule has 0 saturated carbocycles. The normalized spacial score (nSPS) is 13.4. The maximum Gasteiger partial charge on any atom is 0.257 e. The van der Waals surface area contributed by atoms with Gasteiger partial charge in [-0.2, -0.15) is 0 Å². The Labute approximate surface area is 168 Å². The molecule has 4 heteroatoms. The molecule has 1 aromatic heterocycles. The van der Waals surface area contributed by atoms with Crippen LogP contribution in [0.15, 0.2) is 52.9 Å². The smallest absolute Gasteiger partial charge is 0.257 e. The van der Waals surface area contributed by atoms with Gasteiger partial charge < -0.3 is 9.15 Å². The van der Waals surface area contributed by atoms with E-state index in [0.717, 1.165) is 11.3 Å². The minimum Gasteiger partial charge on any atom is -0.481 e. The van der Waals surface area contributed by atoms with E-state index in [1.165, 1.54) is 11.1 Å². The van der Waals surface area contributed by atoms with Crippen molar-refractivity contribution < 1.29 is 9.15 Å². The van der Waals surface area contributed by atoms with E-state index in [-0.39, 0.29) is 16.9 Å². The molecule has 3 aromatic rings. The molecule has 0 fully saturated rings. The van der Waals surface area contributed by atoms with Gasteiger partial charge >= 0.3 is 0 Å². The first-order valence-corrected chi connectivity index (χ1v) is 9.75. The second kappa shape index (κ2) is 7.42. The Morgan fingerprint density at radius 1 is 0.821 bits per heavy atom. The molecule has 1 atom stereocenters. The zero-order valence-corrected chi connectivity index (χ0v) is 17.9. The molecule has 0 radical (unpaired) electrons. The van der Waals surface area contributed by atoms with Crippen molar-refractivity contribution in [3.05, 3.63) is 65.5 Å². The lowest BCUT2D eigenvalue weighted by Gasteiger charge is -2.25. The number of aromatic nitrogens is 2. The summed E-state index contributed by atoms with van der Waals surface area (Å²) >= 11 is 0. The predicted octanol–water partition coefficient (Wildman–Crippen LogP) is 6.47. The first-order chi connectivity index (χ1) is 13.0. The number of hydrogen-bond donors (Lipinski definition) is 0. The van der Waals surface area contributed by atoms with Crippen LogP contribution in [0.25, 0.3) is 11.5 Å². The molecule has 3 rings (SSSR count). The van der Waals surface area contributed by atoms with Crippen LogP contribution in [-0.4, -0.2) is 10.2 Å². The Kier molecular flexibility index (Phi) is 5.33. The Balaban J connectivity index is 1.94. The van der Waals surface area contributed by atoms with Crippen LogP contribution in [0.3, 0.4) is 0 Å². The van der Waals surface area contributed by atoms with Crippen molar-refractivity contribution in [2.24, 2.45) is 0 Å². The monoisotopic (exact) mass is 378 g/mol. The average Bonchev–Trinajstić information content (AvgIpc) is 3.11. The van der Waals surface area contributed by atoms with E-state index in [0.29, 0.717) is 11.8 Å². The molecule has 1 heterocycles. The van der Waals surface area contributed by atoms with Crippen LogP contribution in [-0.2, 0) is 10.8 Å². The van der Waals surface area contributed by atoms with Crippen LogP contribution >= 0.6 is 0 Å². The first-order valence-electron chi connectivity index (χ1n) is 9.75. The third-order valence-corrected chi connectivity index (χ3v) is 4.76. The number of rotatable bonds is 4. The Morgan fingerprint density at radius 2 is 1.39 bits per heavy atom. The van der Waals surface area contributed by atoms with E-state index in [1.54, 1.807) is 0 Å². The van der Waals surface area contributed by atoms with Gasteiger partial charge in [0.05, 0.1) is 0 Å². The highest BCUT2D eigenvalue weighted by Gasteiger charge is 2.23. The van der Waals surface area contributed by atoms with Gasteiger partial charge in [0.1, 0.15) is 5.75 Å². The minimum atomic E-state index is -0.323. The maximum absolute atomic E-state index is 5.99. The fourth-order valence-corrected chi connectivity index (χ4v) is 2.89. The van der Waals surface area contributed by atoms with Crippen molar-refractivity contribution in [1.82, 2.24) is 10.2 Å². The van der Waals surface area contributed by atoms with Crippen LogP contribution in [0, 0.1) is 0 Å². The van der Waals surface area contributed by atoms with E-state index in [2.05, 4.69) is 69.9 Å². The van der Waals surface area contributed by atoms with Crippen LogP contribution in [0.1, 0.15) is 71.6 Å². The van der Waals surface area contributed by atoms with Gasteiger partial charge in [0.2, 0.25) is 5.89 Å². The summed E-state index contributed by atoms with van der Waals surface area (Å²) in [6.07, 6.45) is -0.323. The fourth-order valence-electron chi connectivity index (χ4n) is 2.89. The van der Waals surface area contributed by atoms with Crippen molar-refractivity contribution in [2.75, 3.05) is 0 Å². The topological polar surface area (TPSA) is 48.2 Å². The van der Waals surface area contributed by atoms with Crippen molar-refractivity contribution in [3.63, 3.8) is 0 Å². The van der Waals surface area contributed by atoms with Gasteiger partial charge in [-0.3, -0.25) is 0 Å². The minimum absolute atomic E-state index is 0.0303. The van der Waals surface area contributed by atoms with Gasteiger partial charge in [0, 0.05) is 5.56 Å². The van der Waals surface area contributed by atoms with Crippen molar-refractivity contribution in [2.45, 2.75) is 65.4 Å². The summed E-state index contributed by atoms with van der Waals surface area (Å²) in [5.41, 5.74) is 3.51. The summed E-state index contributed by atoms with van der Waals surface area (Å²) in [6.45, 7) is 15.2. The fraction of sp³-hybridized carbons (Fsp3) is 0.417. The standard InChI is InChI=1S/C24H30N2O2/c1-16(27-20-11-9-8-10-12-20)21-25-26-22(28-21)17-13-18(23(2,3)4)15-19(14-17)24(5,6)7/h8-16H,1-7H3. The number of ether oxygens (including phenoxy) is 1. The summed E-state index contributed by atoms with van der Waals surface area (Å²) in [4.78, 5) is 0. The molecule has 0 aliphatic heterocycles. The SMILES string of the molecule is CC(Oc1ccccc1)c1nnc(-c2cc(C(C)(C)C)cc(C(C)(C)C)c2)o1. The Morgan fingerprint density at radius 3 is 1.93 bits per heavy atom. The van der Waals surface area contributed by atoms with Gasteiger partial charge in [0.25, 0.3) is 5.89 Å². The summed E-state index contributed by atoms with van der Waals surface area (Å²) < 4.78 is 11.9. The lowest BCUT2D eigenvalue weighted by molar-refractivity contribution is 0.189. The molecule has 0 saturated heterocycles. The summed E-state index contributed by atoms with van der Waals surface area (Å²) in [5, 5.41) is 8.53. The summed E-state index contributed by atoms with van der Waals surface area (Å²) in [5.74, 6) is 1.77. The molecule has 0 spiro atoms. The number of nitrogens with zero attached hydrogens (tertiary/aromatic N) is 2. The van der Waals surface area contributed by atoms with E-state index >= 15 is 0 Å². The maximum atomic E-state index is 5.99. The first kappa shape index (κ1) is 20.1. The Hall–Kier alpha value is -2.62. The van der Waals surface area contributed by atoms with Gasteiger partial charge in [-0.25, -0.2) is 0 Å². The van der Waals surface area contributed by atoms with Crippen LogP contribution in [0.5, 0.6) is 5.75 Å². The molecule has 0 bridgehead atoms. The molecule has 0 aliphatic rings. The van der Waals surface area contributed by atoms with Gasteiger partial charge in [-0.05, 0) is 53.1 Å². The number of benzene rings is 2. The lowest BCUT2D eigenvalue weighted by Crippen LogP contribution is -2.16. The zero-order chi connectivity index (χ0) is 20.5. The molecule has 1 unspecified atom stereocenters. The van der Waals surface area contributed by atoms with Crippen molar-refractivity contribution >= 4 is 0 Å². The van der Waals surface area contributed by atoms with Gasteiger partial charge in [0.15, 0.2) is 6.10 Å². The molecular weight excluding hydrogens is 348 g/mol. The molecular formula is C24H30N2O2. The average molecular weight is 379 g/mol. The second-order valence-electron chi connectivity index (χ2n) is 9.32. The van der Waals surface area contributed by atoms with E-state index in [9.17, 15) is 0 Å². The molecule has 0 aliphatic carbocycles. The molecule has 0 amide bonds. The molecule has 28 heavy (non-hydrogen) atoms. The highest BCUT2D eigenvalue weighted by atomic mass is 16.5. The highest BCUT2D eigenvalue weighted by Crippen LogP contribution is 2.34. The number of para-hydroxylation sites is 1. The zero-order valence-electron chi connectivity index (χ0n) is 17.9. The predicted molar refractivity (Wildman–Crippen MR) is 113 cm³/mol. The largest absolute Gasteiger partial charge is 0.481 e. The third kappa shape index (κ3) is 4.61. The van der Waals surface area contributed by atoms with Crippen molar-refractivity contribution in [1.29, 1.82) is 0 Å². The van der Waals surface area contributed by atoms with Crippen molar-refractivity contribution in [3.8, 4) is 17.2 Å². The summed E-state index contributed by atoms with van der Waals surface area (Å²) in [7, 11) is 0. The molecule has 0 N–H and O–H groups in total. The van der Waals surface area contributed by atoms with Crippen LogP contribution in [0.4, 0.5) is 0 Å². The molecule has 4 nitrogen and oxygen atoms in total. The highest BCUT2D eigenvalue weighted by molar-refractivity contribution is 5.57. The third-order valence-electron chi connectivity index (χ3n) is 4.76. The van der Waals surface area contributed by atoms with Crippen LogP contribution < -0.4 is 4.74 Å². The number of hydrogen-bond acceptors (Lipinski definition) is 4. The second-order valence-corrected chi connectivity index (χ2v) is 9.32. The quantitative estimate of drug-likeness (QED) is 0.522. The molecule has 148 valence electrons. The van der Waals surface area contributed by atoms with Gasteiger partial charge in [-0.1, -0.05) is 65.8 Å². The van der Waals surface area contributed by atoms with Gasteiger partial charge in [-0.15, -0.1) is 10.2 Å². The summed E-state index contributed by atoms with van der Waals surface area (Å²) in [6, 6.07) is 16.2. The van der Waals surface area contributed by atoms with Crippen LogP contribution in [0.2, 0.25) is 0 Å². The molecule has 2 aromatic carbocycles.